The first kappa shape index (κ1) is 18.0. The molecule has 0 saturated carbocycles. The first-order chi connectivity index (χ1) is 11.5. The highest BCUT2D eigenvalue weighted by Gasteiger charge is 2.18. The van der Waals surface area contributed by atoms with Crippen molar-refractivity contribution < 1.29 is 9.18 Å². The average molecular weight is 328 g/mol. The highest BCUT2D eigenvalue weighted by atomic mass is 19.1. The van der Waals surface area contributed by atoms with Crippen LogP contribution in [0.2, 0.25) is 0 Å². The fourth-order valence-electron chi connectivity index (χ4n) is 2.55. The molecule has 0 bridgehead atoms. The van der Waals surface area contributed by atoms with Crippen LogP contribution >= 0.6 is 0 Å². The monoisotopic (exact) mass is 328 g/mol. The van der Waals surface area contributed by atoms with Crippen LogP contribution in [0.1, 0.15) is 37.4 Å². The number of hydrogen-bond donors (Lipinski definition) is 1. The van der Waals surface area contributed by atoms with Gasteiger partial charge in [0.1, 0.15) is 5.82 Å². The fourth-order valence-corrected chi connectivity index (χ4v) is 2.55. The summed E-state index contributed by atoms with van der Waals surface area (Å²) in [5, 5.41) is 3.02. The SMILES string of the molecule is CC(CCc1ccccc1)NC(=O)N(C)C(C)c1ccc(F)cc1. The molecule has 2 unspecified atom stereocenters. The first-order valence-corrected chi connectivity index (χ1v) is 8.30. The van der Waals surface area contributed by atoms with Crippen molar-refractivity contribution in [3.05, 3.63) is 71.5 Å². The summed E-state index contributed by atoms with van der Waals surface area (Å²) in [7, 11) is 1.76. The number of nitrogens with zero attached hydrogens (tertiary/aromatic N) is 1. The molecule has 2 rings (SSSR count). The zero-order valence-electron chi connectivity index (χ0n) is 14.5. The number of rotatable bonds is 6. The van der Waals surface area contributed by atoms with E-state index in [1.165, 1.54) is 17.7 Å². The molecule has 3 nitrogen and oxygen atoms in total. The Kier molecular flexibility index (Phi) is 6.36. The second-order valence-electron chi connectivity index (χ2n) is 6.21. The molecule has 24 heavy (non-hydrogen) atoms. The molecule has 2 amide bonds. The van der Waals surface area contributed by atoms with Gasteiger partial charge in [0.15, 0.2) is 0 Å². The van der Waals surface area contributed by atoms with E-state index >= 15 is 0 Å². The Morgan fingerprint density at radius 1 is 1.08 bits per heavy atom. The van der Waals surface area contributed by atoms with Gasteiger partial charge in [-0.25, -0.2) is 9.18 Å². The molecule has 0 radical (unpaired) electrons. The first-order valence-electron chi connectivity index (χ1n) is 8.30. The molecule has 0 heterocycles. The van der Waals surface area contributed by atoms with E-state index in [4.69, 9.17) is 0 Å². The van der Waals surface area contributed by atoms with Crippen molar-refractivity contribution in [3.8, 4) is 0 Å². The molecule has 128 valence electrons. The third-order valence-electron chi connectivity index (χ3n) is 4.33. The normalized spacial score (nSPS) is 13.2. The zero-order chi connectivity index (χ0) is 17.5. The lowest BCUT2D eigenvalue weighted by molar-refractivity contribution is 0.190. The third-order valence-corrected chi connectivity index (χ3v) is 4.33. The number of carbonyl (C=O) groups is 1. The number of urea groups is 1. The summed E-state index contributed by atoms with van der Waals surface area (Å²) < 4.78 is 13.0. The van der Waals surface area contributed by atoms with Crippen LogP contribution in [0.4, 0.5) is 9.18 Å². The predicted molar refractivity (Wildman–Crippen MR) is 95.3 cm³/mol. The molecular weight excluding hydrogens is 303 g/mol. The lowest BCUT2D eigenvalue weighted by Gasteiger charge is -2.27. The number of aryl methyl sites for hydroxylation is 1. The van der Waals surface area contributed by atoms with Crippen LogP contribution in [0, 0.1) is 5.82 Å². The van der Waals surface area contributed by atoms with Crippen molar-refractivity contribution >= 4 is 6.03 Å². The quantitative estimate of drug-likeness (QED) is 0.829. The van der Waals surface area contributed by atoms with Gasteiger partial charge in [-0.1, -0.05) is 42.5 Å². The Morgan fingerprint density at radius 2 is 1.71 bits per heavy atom. The Bertz CT molecular complexity index is 642. The average Bonchev–Trinajstić information content (AvgIpc) is 2.60. The van der Waals surface area contributed by atoms with Gasteiger partial charge in [0.2, 0.25) is 0 Å². The lowest BCUT2D eigenvalue weighted by Crippen LogP contribution is -2.43. The molecule has 0 aliphatic carbocycles. The van der Waals surface area contributed by atoms with Crippen LogP contribution < -0.4 is 5.32 Å². The van der Waals surface area contributed by atoms with Crippen LogP contribution in [0.15, 0.2) is 54.6 Å². The second-order valence-corrected chi connectivity index (χ2v) is 6.21. The van der Waals surface area contributed by atoms with E-state index in [0.717, 1.165) is 18.4 Å². The molecule has 0 aliphatic heterocycles. The summed E-state index contributed by atoms with van der Waals surface area (Å²) in [6.45, 7) is 3.94. The molecule has 2 aromatic rings. The maximum Gasteiger partial charge on any atom is 0.317 e. The predicted octanol–water partition coefficient (Wildman–Crippen LogP) is 4.55. The Hall–Kier alpha value is -2.36. The molecule has 2 aromatic carbocycles. The molecule has 0 fully saturated rings. The van der Waals surface area contributed by atoms with E-state index < -0.39 is 0 Å². The molecule has 0 aliphatic rings. The number of benzene rings is 2. The van der Waals surface area contributed by atoms with E-state index in [-0.39, 0.29) is 23.9 Å². The summed E-state index contributed by atoms with van der Waals surface area (Å²) in [5.41, 5.74) is 2.18. The van der Waals surface area contributed by atoms with E-state index in [1.54, 1.807) is 24.1 Å². The molecule has 0 aromatic heterocycles. The van der Waals surface area contributed by atoms with Crippen LogP contribution in [0.25, 0.3) is 0 Å². The van der Waals surface area contributed by atoms with Crippen LogP contribution in [-0.2, 0) is 6.42 Å². The maximum absolute atomic E-state index is 13.0. The van der Waals surface area contributed by atoms with Gasteiger partial charge in [0.05, 0.1) is 6.04 Å². The summed E-state index contributed by atoms with van der Waals surface area (Å²) in [6, 6.07) is 16.3. The maximum atomic E-state index is 13.0. The summed E-state index contributed by atoms with van der Waals surface area (Å²) in [4.78, 5) is 14.0. The van der Waals surface area contributed by atoms with Crippen LogP contribution in [0.3, 0.4) is 0 Å². The van der Waals surface area contributed by atoms with Crippen molar-refractivity contribution in [2.24, 2.45) is 0 Å². The van der Waals surface area contributed by atoms with Crippen molar-refractivity contribution in [3.63, 3.8) is 0 Å². The standard InChI is InChI=1S/C20H25FN2O/c1-15(9-10-17-7-5-4-6-8-17)22-20(24)23(3)16(2)18-11-13-19(21)14-12-18/h4-8,11-16H,9-10H2,1-3H3,(H,22,24). The molecule has 4 heteroatoms. The van der Waals surface area contributed by atoms with Gasteiger partial charge < -0.3 is 10.2 Å². The van der Waals surface area contributed by atoms with E-state index in [1.807, 2.05) is 32.0 Å². The summed E-state index contributed by atoms with van der Waals surface area (Å²) in [5.74, 6) is -0.271. The van der Waals surface area contributed by atoms with Gasteiger partial charge in [-0.05, 0) is 49.9 Å². The van der Waals surface area contributed by atoms with Crippen molar-refractivity contribution in [2.75, 3.05) is 7.05 Å². The topological polar surface area (TPSA) is 32.3 Å². The van der Waals surface area contributed by atoms with E-state index in [2.05, 4.69) is 17.4 Å². The van der Waals surface area contributed by atoms with Gasteiger partial charge >= 0.3 is 6.03 Å². The van der Waals surface area contributed by atoms with Crippen molar-refractivity contribution in [2.45, 2.75) is 38.8 Å². The Labute approximate surface area is 143 Å². The van der Waals surface area contributed by atoms with Gasteiger partial charge in [-0.2, -0.15) is 0 Å². The molecular formula is C20H25FN2O. The molecule has 0 saturated heterocycles. The molecule has 1 N–H and O–H groups in total. The van der Waals surface area contributed by atoms with Crippen LogP contribution in [0.5, 0.6) is 0 Å². The minimum atomic E-state index is -0.271. The number of amides is 2. The minimum absolute atomic E-state index is 0.0839. The van der Waals surface area contributed by atoms with Crippen molar-refractivity contribution in [1.29, 1.82) is 0 Å². The van der Waals surface area contributed by atoms with Gasteiger partial charge in [0.25, 0.3) is 0 Å². The molecule has 2 atom stereocenters. The lowest BCUT2D eigenvalue weighted by atomic mass is 10.1. The zero-order valence-corrected chi connectivity index (χ0v) is 14.5. The van der Waals surface area contributed by atoms with Gasteiger partial charge in [-0.3, -0.25) is 0 Å². The summed E-state index contributed by atoms with van der Waals surface area (Å²) >= 11 is 0. The van der Waals surface area contributed by atoms with Crippen LogP contribution in [-0.4, -0.2) is 24.0 Å². The number of halogens is 1. The minimum Gasteiger partial charge on any atom is -0.336 e. The number of nitrogens with one attached hydrogen (secondary N) is 1. The Morgan fingerprint density at radius 3 is 2.33 bits per heavy atom. The second kappa shape index (κ2) is 8.48. The van der Waals surface area contributed by atoms with Gasteiger partial charge in [-0.15, -0.1) is 0 Å². The third kappa shape index (κ3) is 5.08. The van der Waals surface area contributed by atoms with Gasteiger partial charge in [0, 0.05) is 13.1 Å². The summed E-state index contributed by atoms with van der Waals surface area (Å²) in [6.07, 6.45) is 1.81. The highest BCUT2D eigenvalue weighted by molar-refractivity contribution is 5.74. The van der Waals surface area contributed by atoms with E-state index in [9.17, 15) is 9.18 Å². The number of carbonyl (C=O) groups excluding carboxylic acids is 1. The highest BCUT2D eigenvalue weighted by Crippen LogP contribution is 2.19. The smallest absolute Gasteiger partial charge is 0.317 e. The van der Waals surface area contributed by atoms with Crippen molar-refractivity contribution in [1.82, 2.24) is 10.2 Å². The largest absolute Gasteiger partial charge is 0.336 e. The number of hydrogen-bond acceptors (Lipinski definition) is 1. The Balaban J connectivity index is 1.85. The van der Waals surface area contributed by atoms with E-state index in [0.29, 0.717) is 0 Å². The fraction of sp³-hybridized carbons (Fsp3) is 0.350. The molecule has 0 spiro atoms.